The van der Waals surface area contributed by atoms with Gasteiger partial charge in [0.1, 0.15) is 0 Å². The third kappa shape index (κ3) is 3.09. The lowest BCUT2D eigenvalue weighted by atomic mass is 10.0. The van der Waals surface area contributed by atoms with Crippen molar-refractivity contribution in [3.8, 4) is 0 Å². The summed E-state index contributed by atoms with van der Waals surface area (Å²) in [6.45, 7) is 5.66. The predicted octanol–water partition coefficient (Wildman–Crippen LogP) is 0.603. The lowest BCUT2D eigenvalue weighted by molar-refractivity contribution is 0.506. The fourth-order valence-corrected chi connectivity index (χ4v) is 3.49. The summed E-state index contributed by atoms with van der Waals surface area (Å²) < 4.78 is 1.37. The van der Waals surface area contributed by atoms with Gasteiger partial charge in [0.15, 0.2) is 0 Å². The van der Waals surface area contributed by atoms with Crippen LogP contribution >= 0.6 is 11.3 Å². The zero-order valence-electron chi connectivity index (χ0n) is 11.8. The van der Waals surface area contributed by atoms with Crippen molar-refractivity contribution < 1.29 is 0 Å². The van der Waals surface area contributed by atoms with Gasteiger partial charge >= 0.3 is 0 Å². The van der Waals surface area contributed by atoms with Crippen LogP contribution in [0.3, 0.4) is 0 Å². The molecule has 3 rings (SSSR count). The van der Waals surface area contributed by atoms with Crippen LogP contribution in [0.5, 0.6) is 0 Å². The quantitative estimate of drug-likeness (QED) is 0.854. The first-order valence-corrected chi connectivity index (χ1v) is 7.94. The Morgan fingerprint density at radius 2 is 2.24 bits per heavy atom. The molecule has 1 aliphatic heterocycles. The van der Waals surface area contributed by atoms with Crippen molar-refractivity contribution in [2.75, 3.05) is 18.0 Å². The lowest BCUT2D eigenvalue weighted by Gasteiger charge is -2.33. The number of H-pyrrole nitrogens is 1. The standard InChI is InChI=1S/C16H19N3OS/c1-11-18-16(20)15(21-11)9-12-5-2-3-7-14(12)19-8-4-6-13(17)10-19/h2-3,5,7,9,13H,1,4,6,8,10,17H2,(H,18,20). The van der Waals surface area contributed by atoms with E-state index in [0.717, 1.165) is 37.2 Å². The van der Waals surface area contributed by atoms with Crippen LogP contribution in [0.4, 0.5) is 5.69 Å². The molecule has 1 aliphatic rings. The molecule has 2 aromatic rings. The van der Waals surface area contributed by atoms with E-state index in [0.29, 0.717) is 9.20 Å². The molecule has 1 atom stereocenters. The van der Waals surface area contributed by atoms with E-state index in [4.69, 9.17) is 5.73 Å². The summed E-state index contributed by atoms with van der Waals surface area (Å²) in [6, 6.07) is 8.38. The number of thiazole rings is 1. The second-order valence-corrected chi connectivity index (χ2v) is 6.53. The predicted molar refractivity (Wildman–Crippen MR) is 89.1 cm³/mol. The SMILES string of the molecule is C=c1[nH]c(=O)c(=Cc2ccccc2N2CCCC(N)C2)s1. The third-order valence-electron chi connectivity index (χ3n) is 3.73. The van der Waals surface area contributed by atoms with Crippen LogP contribution in [0.25, 0.3) is 12.7 Å². The van der Waals surface area contributed by atoms with E-state index in [1.165, 1.54) is 11.3 Å². The van der Waals surface area contributed by atoms with Gasteiger partial charge in [-0.1, -0.05) is 24.8 Å². The number of nitrogens with two attached hydrogens (primary N) is 1. The number of nitrogens with one attached hydrogen (secondary N) is 1. The Hall–Kier alpha value is -1.85. The van der Waals surface area contributed by atoms with Crippen molar-refractivity contribution in [1.29, 1.82) is 0 Å². The van der Waals surface area contributed by atoms with Gasteiger partial charge in [-0.2, -0.15) is 0 Å². The molecule has 0 radical (unpaired) electrons. The number of nitrogens with zero attached hydrogens (tertiary/aromatic N) is 1. The molecule has 1 fully saturated rings. The summed E-state index contributed by atoms with van der Waals surface area (Å²) in [5, 5.41) is 0. The molecule has 0 amide bonds. The van der Waals surface area contributed by atoms with Gasteiger partial charge in [-0.25, -0.2) is 0 Å². The molecule has 2 heterocycles. The highest BCUT2D eigenvalue weighted by Gasteiger charge is 2.18. The number of aromatic amines is 1. The topological polar surface area (TPSA) is 62.1 Å². The molecule has 5 heteroatoms. The maximum absolute atomic E-state index is 11.8. The van der Waals surface area contributed by atoms with Gasteiger partial charge in [-0.05, 0) is 30.5 Å². The van der Waals surface area contributed by atoms with Crippen LogP contribution < -0.4 is 25.4 Å². The minimum atomic E-state index is -0.0739. The van der Waals surface area contributed by atoms with Crippen LogP contribution in [-0.4, -0.2) is 24.1 Å². The number of benzene rings is 1. The Balaban J connectivity index is 2.04. The number of rotatable bonds is 2. The number of para-hydroxylation sites is 1. The monoisotopic (exact) mass is 301 g/mol. The Bertz CT molecular complexity index is 792. The highest BCUT2D eigenvalue weighted by molar-refractivity contribution is 7.07. The van der Waals surface area contributed by atoms with Crippen LogP contribution in [0, 0.1) is 0 Å². The molecule has 1 saturated heterocycles. The zero-order valence-corrected chi connectivity index (χ0v) is 12.7. The van der Waals surface area contributed by atoms with Crippen molar-refractivity contribution in [1.82, 2.24) is 4.98 Å². The average molecular weight is 301 g/mol. The number of anilines is 1. The molecule has 0 spiro atoms. The van der Waals surface area contributed by atoms with E-state index < -0.39 is 0 Å². The molecular weight excluding hydrogens is 282 g/mol. The summed E-state index contributed by atoms with van der Waals surface area (Å²) >= 11 is 1.39. The molecule has 21 heavy (non-hydrogen) atoms. The summed E-state index contributed by atoms with van der Waals surface area (Å²) in [5.74, 6) is 0. The molecule has 1 aromatic carbocycles. The summed E-state index contributed by atoms with van der Waals surface area (Å²) in [5.41, 5.74) is 8.20. The van der Waals surface area contributed by atoms with E-state index in [-0.39, 0.29) is 11.6 Å². The third-order valence-corrected chi connectivity index (χ3v) is 4.60. The summed E-state index contributed by atoms with van der Waals surface area (Å²) in [4.78, 5) is 16.9. The van der Waals surface area contributed by atoms with Crippen LogP contribution in [-0.2, 0) is 0 Å². The number of hydrogen-bond acceptors (Lipinski definition) is 4. The van der Waals surface area contributed by atoms with Crippen LogP contribution in [0.1, 0.15) is 18.4 Å². The zero-order chi connectivity index (χ0) is 14.8. The van der Waals surface area contributed by atoms with Gasteiger partial charge in [-0.3, -0.25) is 4.79 Å². The highest BCUT2D eigenvalue weighted by atomic mass is 32.1. The highest BCUT2D eigenvalue weighted by Crippen LogP contribution is 2.24. The maximum Gasteiger partial charge on any atom is 0.266 e. The average Bonchev–Trinajstić information content (AvgIpc) is 2.77. The number of aromatic nitrogens is 1. The fraction of sp³-hybridized carbons (Fsp3) is 0.312. The first-order valence-electron chi connectivity index (χ1n) is 7.13. The first kappa shape index (κ1) is 14.1. The Morgan fingerprint density at radius 3 is 2.95 bits per heavy atom. The smallest absolute Gasteiger partial charge is 0.266 e. The van der Waals surface area contributed by atoms with Crippen molar-refractivity contribution in [3.63, 3.8) is 0 Å². The normalized spacial score (nSPS) is 20.0. The van der Waals surface area contributed by atoms with E-state index >= 15 is 0 Å². The molecule has 3 N–H and O–H groups in total. The first-order chi connectivity index (χ1) is 10.1. The van der Waals surface area contributed by atoms with Gasteiger partial charge in [0, 0.05) is 24.8 Å². The Morgan fingerprint density at radius 1 is 1.43 bits per heavy atom. The van der Waals surface area contributed by atoms with Gasteiger partial charge < -0.3 is 15.6 Å². The van der Waals surface area contributed by atoms with Gasteiger partial charge in [0.2, 0.25) is 0 Å². The lowest BCUT2D eigenvalue weighted by Crippen LogP contribution is -2.43. The Labute approximate surface area is 127 Å². The molecular formula is C16H19N3OS. The van der Waals surface area contributed by atoms with Crippen LogP contribution in [0.2, 0.25) is 0 Å². The molecule has 1 aromatic heterocycles. The van der Waals surface area contributed by atoms with Gasteiger partial charge in [0.05, 0.1) is 9.20 Å². The summed E-state index contributed by atoms with van der Waals surface area (Å²) in [6.07, 6.45) is 4.13. The largest absolute Gasteiger partial charge is 0.369 e. The molecule has 1 unspecified atom stereocenters. The van der Waals surface area contributed by atoms with Gasteiger partial charge in [-0.15, -0.1) is 11.3 Å². The second-order valence-electron chi connectivity index (χ2n) is 5.40. The van der Waals surface area contributed by atoms with E-state index in [1.54, 1.807) is 0 Å². The van der Waals surface area contributed by atoms with Crippen LogP contribution in [0.15, 0.2) is 29.1 Å². The Kier molecular flexibility index (Phi) is 3.94. The van der Waals surface area contributed by atoms with E-state index in [1.807, 2.05) is 24.3 Å². The molecule has 0 bridgehead atoms. The van der Waals surface area contributed by atoms with Crippen molar-refractivity contribution in [3.05, 3.63) is 49.4 Å². The van der Waals surface area contributed by atoms with Crippen molar-refractivity contribution >= 4 is 29.7 Å². The minimum Gasteiger partial charge on any atom is -0.369 e. The second kappa shape index (κ2) is 5.87. The number of hydrogen-bond donors (Lipinski definition) is 2. The van der Waals surface area contributed by atoms with E-state index in [2.05, 4.69) is 22.5 Å². The fourth-order valence-electron chi connectivity index (χ4n) is 2.76. The maximum atomic E-state index is 11.8. The van der Waals surface area contributed by atoms with Crippen molar-refractivity contribution in [2.24, 2.45) is 5.73 Å². The van der Waals surface area contributed by atoms with E-state index in [9.17, 15) is 4.79 Å². The molecule has 0 aliphatic carbocycles. The minimum absolute atomic E-state index is 0.0739. The summed E-state index contributed by atoms with van der Waals surface area (Å²) in [7, 11) is 0. The van der Waals surface area contributed by atoms with Gasteiger partial charge in [0.25, 0.3) is 5.56 Å². The van der Waals surface area contributed by atoms with Crippen molar-refractivity contribution in [2.45, 2.75) is 18.9 Å². The molecule has 110 valence electrons. The molecule has 4 nitrogen and oxygen atoms in total. The number of piperidine rings is 1. The molecule has 0 saturated carbocycles.